The number of aromatic nitrogens is 2. The molecule has 0 saturated carbocycles. The molecule has 2 aliphatic carbocycles. The fourth-order valence-corrected chi connectivity index (χ4v) is 8.89. The van der Waals surface area contributed by atoms with Crippen molar-refractivity contribution in [3.63, 3.8) is 0 Å². The van der Waals surface area contributed by atoms with Crippen LogP contribution < -0.4 is 0 Å². The van der Waals surface area contributed by atoms with Gasteiger partial charge < -0.3 is 0 Å². The zero-order chi connectivity index (χ0) is 31.3. The summed E-state index contributed by atoms with van der Waals surface area (Å²) in [6.07, 6.45) is 0.861. The van der Waals surface area contributed by atoms with Crippen molar-refractivity contribution in [2.75, 3.05) is 0 Å². The second-order valence-electron chi connectivity index (χ2n) is 13.0. The van der Waals surface area contributed by atoms with Crippen molar-refractivity contribution in [2.45, 2.75) is 25.7 Å². The highest BCUT2D eigenvalue weighted by molar-refractivity contribution is 6.05. The fourth-order valence-electron chi connectivity index (χ4n) is 8.89. The van der Waals surface area contributed by atoms with Crippen molar-refractivity contribution in [2.24, 2.45) is 0 Å². The normalized spacial score (nSPS) is 13.6. The maximum absolute atomic E-state index is 5.02. The van der Waals surface area contributed by atoms with E-state index >= 15 is 0 Å². The minimum absolute atomic E-state index is 0.357. The highest BCUT2D eigenvalue weighted by atomic mass is 15.1. The Morgan fingerprint density at radius 2 is 1.11 bits per heavy atom. The van der Waals surface area contributed by atoms with E-state index in [-0.39, 0.29) is 5.41 Å². The number of nitrogens with zero attached hydrogens (tertiary/aromatic N) is 2. The van der Waals surface area contributed by atoms with Crippen LogP contribution in [0.4, 0.5) is 0 Å². The summed E-state index contributed by atoms with van der Waals surface area (Å²) >= 11 is 0. The summed E-state index contributed by atoms with van der Waals surface area (Å²) in [6, 6.07) is 54.1. The van der Waals surface area contributed by atoms with Gasteiger partial charge in [-0.1, -0.05) is 128 Å². The van der Waals surface area contributed by atoms with E-state index in [9.17, 15) is 0 Å². The quantitative estimate of drug-likeness (QED) is 0.197. The number of hydrogen-bond acceptors (Lipinski definition) is 1. The van der Waals surface area contributed by atoms with Crippen LogP contribution in [0.2, 0.25) is 0 Å². The van der Waals surface area contributed by atoms with Crippen LogP contribution in [0.1, 0.15) is 40.6 Å². The van der Waals surface area contributed by atoms with E-state index < -0.39 is 0 Å². The minimum Gasteiger partial charge on any atom is -0.296 e. The van der Waals surface area contributed by atoms with Crippen molar-refractivity contribution in [3.05, 3.63) is 179 Å². The predicted octanol–water partition coefficient (Wildman–Crippen LogP) is 11.1. The molecule has 1 spiro atoms. The Morgan fingerprint density at radius 3 is 1.77 bits per heavy atom. The Bertz CT molecular complexity index is 2520. The van der Waals surface area contributed by atoms with Crippen molar-refractivity contribution >= 4 is 21.8 Å². The first-order chi connectivity index (χ1) is 23.2. The fraction of sp³-hybridized carbons (Fsp3) is 0.0889. The summed E-state index contributed by atoms with van der Waals surface area (Å²) in [4.78, 5) is 5.02. The van der Waals surface area contributed by atoms with Crippen molar-refractivity contribution in [1.82, 2.24) is 9.55 Å². The molecule has 0 aliphatic heterocycles. The molecule has 2 aliphatic rings. The summed E-state index contributed by atoms with van der Waals surface area (Å²) < 4.78 is 2.37. The molecule has 1 heterocycles. The van der Waals surface area contributed by atoms with Gasteiger partial charge in [0.25, 0.3) is 0 Å². The monoisotopic (exact) mass is 600 g/mol. The third kappa shape index (κ3) is 3.37. The SMILES string of the molecule is CCc1nc2ccccc2n1-c1cc(C)c(-c2ccc3c(c2)C2(c4ccccc4-c4ccccc42)c2ccccc2-3)c2ccccc12. The standard InChI is InChI=1S/C45H32N2/c1-3-43-46-40-22-12-13-23-41(40)47(43)42-26-28(2)44(35-18-5-4-17-34(35)42)29-24-25-33-32-16-8-11-21-38(32)45(39(33)27-29)36-19-9-6-14-30(36)31-15-7-10-20-37(31)45/h4-27H,3H2,1-2H3. The van der Waals surface area contributed by atoms with Crippen LogP contribution in [0.3, 0.4) is 0 Å². The lowest BCUT2D eigenvalue weighted by Crippen LogP contribution is -2.25. The van der Waals surface area contributed by atoms with Gasteiger partial charge in [0, 0.05) is 11.8 Å². The van der Waals surface area contributed by atoms with E-state index in [0.29, 0.717) is 0 Å². The van der Waals surface area contributed by atoms with Crippen LogP contribution in [-0.2, 0) is 11.8 Å². The number of rotatable bonds is 3. The molecule has 2 nitrogen and oxygen atoms in total. The van der Waals surface area contributed by atoms with Gasteiger partial charge in [0.1, 0.15) is 5.82 Å². The van der Waals surface area contributed by atoms with E-state index in [2.05, 4.69) is 164 Å². The molecule has 0 amide bonds. The zero-order valence-corrected chi connectivity index (χ0v) is 26.5. The molecule has 47 heavy (non-hydrogen) atoms. The Labute approximate surface area is 274 Å². The maximum Gasteiger partial charge on any atom is 0.114 e. The maximum atomic E-state index is 5.02. The Hall–Kier alpha value is -5.73. The van der Waals surface area contributed by atoms with Gasteiger partial charge in [0.05, 0.1) is 22.1 Å². The van der Waals surface area contributed by atoms with Crippen LogP contribution in [-0.4, -0.2) is 9.55 Å². The number of para-hydroxylation sites is 2. The lowest BCUT2D eigenvalue weighted by molar-refractivity contribution is 0.794. The molecular weight excluding hydrogens is 569 g/mol. The molecule has 0 radical (unpaired) electrons. The number of benzene rings is 7. The van der Waals surface area contributed by atoms with Crippen molar-refractivity contribution < 1.29 is 0 Å². The Morgan fingerprint density at radius 1 is 0.553 bits per heavy atom. The topological polar surface area (TPSA) is 17.8 Å². The van der Waals surface area contributed by atoms with E-state index in [0.717, 1.165) is 23.3 Å². The Kier molecular flexibility index (Phi) is 5.43. The van der Waals surface area contributed by atoms with Gasteiger partial charge in [-0.2, -0.15) is 0 Å². The van der Waals surface area contributed by atoms with E-state index in [1.165, 1.54) is 77.7 Å². The molecule has 8 aromatic rings. The molecule has 0 saturated heterocycles. The molecule has 10 rings (SSSR count). The van der Waals surface area contributed by atoms with Gasteiger partial charge in [-0.3, -0.25) is 4.57 Å². The van der Waals surface area contributed by atoms with Crippen LogP contribution in [0.15, 0.2) is 146 Å². The third-order valence-corrected chi connectivity index (χ3v) is 10.7. The van der Waals surface area contributed by atoms with Gasteiger partial charge in [-0.25, -0.2) is 4.98 Å². The molecular formula is C45H32N2. The molecule has 0 bridgehead atoms. The first-order valence-electron chi connectivity index (χ1n) is 16.6. The van der Waals surface area contributed by atoms with Gasteiger partial charge in [0.15, 0.2) is 0 Å². The summed E-state index contributed by atoms with van der Waals surface area (Å²) in [7, 11) is 0. The highest BCUT2D eigenvalue weighted by Crippen LogP contribution is 2.63. The van der Waals surface area contributed by atoms with E-state index in [1.807, 2.05) is 0 Å². The smallest absolute Gasteiger partial charge is 0.114 e. The second kappa shape index (κ2) is 9.64. The van der Waals surface area contributed by atoms with Crippen molar-refractivity contribution in [3.8, 4) is 39.1 Å². The number of aryl methyl sites for hydroxylation is 2. The summed E-state index contributed by atoms with van der Waals surface area (Å²) in [5, 5.41) is 2.50. The van der Waals surface area contributed by atoms with Crippen LogP contribution >= 0.6 is 0 Å². The van der Waals surface area contributed by atoms with Crippen LogP contribution in [0.5, 0.6) is 0 Å². The second-order valence-corrected chi connectivity index (χ2v) is 13.0. The molecule has 2 heteroatoms. The molecule has 0 N–H and O–H groups in total. The molecule has 0 unspecified atom stereocenters. The summed E-state index contributed by atoms with van der Waals surface area (Å²) in [5.41, 5.74) is 17.6. The predicted molar refractivity (Wildman–Crippen MR) is 194 cm³/mol. The van der Waals surface area contributed by atoms with Crippen LogP contribution in [0, 0.1) is 6.92 Å². The first kappa shape index (κ1) is 26.5. The van der Waals surface area contributed by atoms with Crippen LogP contribution in [0.25, 0.3) is 60.9 Å². The first-order valence-corrected chi connectivity index (χ1v) is 16.6. The number of imidazole rings is 1. The third-order valence-electron chi connectivity index (χ3n) is 10.7. The molecule has 0 fully saturated rings. The molecule has 1 aromatic heterocycles. The zero-order valence-electron chi connectivity index (χ0n) is 26.5. The van der Waals surface area contributed by atoms with Gasteiger partial charge in [-0.05, 0) is 97.8 Å². The largest absolute Gasteiger partial charge is 0.296 e. The van der Waals surface area contributed by atoms with E-state index in [4.69, 9.17) is 4.98 Å². The Balaban J connectivity index is 1.26. The van der Waals surface area contributed by atoms with Crippen molar-refractivity contribution in [1.29, 1.82) is 0 Å². The molecule has 0 atom stereocenters. The lowest BCUT2D eigenvalue weighted by Gasteiger charge is -2.30. The molecule has 7 aromatic carbocycles. The summed E-state index contributed by atoms with van der Waals surface area (Å²) in [6.45, 7) is 4.47. The average Bonchev–Trinajstić information content (AvgIpc) is 3.75. The van der Waals surface area contributed by atoms with Gasteiger partial charge >= 0.3 is 0 Å². The average molecular weight is 601 g/mol. The number of hydrogen-bond donors (Lipinski definition) is 0. The number of fused-ring (bicyclic) bond motifs is 12. The molecule has 222 valence electrons. The van der Waals surface area contributed by atoms with Gasteiger partial charge in [-0.15, -0.1) is 0 Å². The van der Waals surface area contributed by atoms with E-state index in [1.54, 1.807) is 0 Å². The minimum atomic E-state index is -0.357. The lowest BCUT2D eigenvalue weighted by atomic mass is 9.70. The van der Waals surface area contributed by atoms with Gasteiger partial charge in [0.2, 0.25) is 0 Å². The summed E-state index contributed by atoms with van der Waals surface area (Å²) in [5.74, 6) is 1.08. The highest BCUT2D eigenvalue weighted by Gasteiger charge is 2.51.